The van der Waals surface area contributed by atoms with Crippen LogP contribution in [-0.2, 0) is 6.42 Å². The summed E-state index contributed by atoms with van der Waals surface area (Å²) in [4.78, 5) is 12.2. The second-order valence-electron chi connectivity index (χ2n) is 4.74. The van der Waals surface area contributed by atoms with E-state index in [1.807, 2.05) is 19.9 Å². The first kappa shape index (κ1) is 11.9. The number of allylic oxidation sites excluding steroid dienone is 4. The molecular formula is C15H18O2. The molecule has 1 aliphatic rings. The van der Waals surface area contributed by atoms with Crippen molar-refractivity contribution in [2.45, 2.75) is 40.0 Å². The van der Waals surface area contributed by atoms with Gasteiger partial charge in [0.25, 0.3) is 0 Å². The number of rotatable bonds is 0. The van der Waals surface area contributed by atoms with Gasteiger partial charge in [0.15, 0.2) is 5.76 Å². The zero-order chi connectivity index (χ0) is 12.4. The molecule has 1 aromatic rings. The molecule has 1 aromatic heterocycles. The number of carbonyl (C=O) groups is 1. The molecule has 1 heterocycles. The molecule has 90 valence electrons. The molecule has 0 atom stereocenters. The minimum Gasteiger partial charge on any atom is -0.460 e. The van der Waals surface area contributed by atoms with Crippen LogP contribution in [0.25, 0.3) is 0 Å². The number of furan rings is 1. The van der Waals surface area contributed by atoms with Crippen LogP contribution in [0.15, 0.2) is 34.0 Å². The SMILES string of the molecule is C/C1=C\Cc2c(C)coc2C(=O)/C(C)=C/CC1. The van der Waals surface area contributed by atoms with Crippen molar-refractivity contribution in [1.82, 2.24) is 0 Å². The monoisotopic (exact) mass is 230 g/mol. The van der Waals surface area contributed by atoms with Crippen molar-refractivity contribution in [3.63, 3.8) is 0 Å². The maximum atomic E-state index is 12.2. The molecule has 0 amide bonds. The summed E-state index contributed by atoms with van der Waals surface area (Å²) in [6.45, 7) is 6.00. The highest BCUT2D eigenvalue weighted by Gasteiger charge is 2.19. The highest BCUT2D eigenvalue weighted by atomic mass is 16.3. The largest absolute Gasteiger partial charge is 0.460 e. The van der Waals surface area contributed by atoms with Crippen molar-refractivity contribution >= 4 is 5.78 Å². The minimum atomic E-state index is 0.0288. The molecule has 1 aliphatic carbocycles. The van der Waals surface area contributed by atoms with E-state index in [0.29, 0.717) is 5.76 Å². The first-order valence-electron chi connectivity index (χ1n) is 6.03. The molecule has 17 heavy (non-hydrogen) atoms. The standard InChI is InChI=1S/C15H18O2/c1-10-5-4-6-11(2)14(16)15-13(8-7-10)12(3)9-17-15/h6-7,9H,4-5,8H2,1-3H3/b10-7+,11-6+. The molecule has 0 fully saturated rings. The Balaban J connectivity index is 2.49. The molecule has 0 radical (unpaired) electrons. The van der Waals surface area contributed by atoms with E-state index in [-0.39, 0.29) is 5.78 Å². The Labute approximate surface area is 102 Å². The van der Waals surface area contributed by atoms with Gasteiger partial charge in [-0.3, -0.25) is 4.79 Å². The maximum Gasteiger partial charge on any atom is 0.223 e. The van der Waals surface area contributed by atoms with E-state index in [1.54, 1.807) is 6.26 Å². The van der Waals surface area contributed by atoms with Crippen LogP contribution >= 0.6 is 0 Å². The minimum absolute atomic E-state index is 0.0288. The third-order valence-electron chi connectivity index (χ3n) is 3.31. The molecule has 0 bridgehead atoms. The van der Waals surface area contributed by atoms with Gasteiger partial charge in [0.05, 0.1) is 6.26 Å². The summed E-state index contributed by atoms with van der Waals surface area (Å²) in [5, 5.41) is 0. The van der Waals surface area contributed by atoms with Crippen molar-refractivity contribution < 1.29 is 9.21 Å². The van der Waals surface area contributed by atoms with Crippen LogP contribution in [0.2, 0.25) is 0 Å². The van der Waals surface area contributed by atoms with Crippen LogP contribution in [0.3, 0.4) is 0 Å². The number of hydrogen-bond donors (Lipinski definition) is 0. The van der Waals surface area contributed by atoms with E-state index in [2.05, 4.69) is 13.0 Å². The molecule has 2 nitrogen and oxygen atoms in total. The number of carbonyl (C=O) groups excluding carboxylic acids is 1. The quantitative estimate of drug-likeness (QED) is 0.630. The predicted molar refractivity (Wildman–Crippen MR) is 68.2 cm³/mol. The van der Waals surface area contributed by atoms with Gasteiger partial charge < -0.3 is 4.42 Å². The summed E-state index contributed by atoms with van der Waals surface area (Å²) in [7, 11) is 0. The molecule has 0 saturated carbocycles. The summed E-state index contributed by atoms with van der Waals surface area (Å²) in [6, 6.07) is 0. The normalized spacial score (nSPS) is 23.4. The molecule has 0 aromatic carbocycles. The van der Waals surface area contributed by atoms with Gasteiger partial charge in [-0.2, -0.15) is 0 Å². The van der Waals surface area contributed by atoms with Gasteiger partial charge in [0, 0.05) is 5.56 Å². The highest BCUT2D eigenvalue weighted by molar-refractivity contribution is 6.07. The Morgan fingerprint density at radius 2 is 1.94 bits per heavy atom. The van der Waals surface area contributed by atoms with E-state index in [4.69, 9.17) is 4.42 Å². The summed E-state index contributed by atoms with van der Waals surface area (Å²) >= 11 is 0. The fraction of sp³-hybridized carbons (Fsp3) is 0.400. The van der Waals surface area contributed by atoms with Gasteiger partial charge in [-0.1, -0.05) is 17.7 Å². The number of aryl methyl sites for hydroxylation is 1. The molecule has 2 rings (SSSR count). The van der Waals surface area contributed by atoms with Crippen LogP contribution in [0.4, 0.5) is 0 Å². The topological polar surface area (TPSA) is 30.2 Å². The van der Waals surface area contributed by atoms with E-state index < -0.39 is 0 Å². The summed E-state index contributed by atoms with van der Waals surface area (Å²) in [5.74, 6) is 0.545. The Morgan fingerprint density at radius 1 is 1.18 bits per heavy atom. The van der Waals surface area contributed by atoms with Gasteiger partial charge in [-0.05, 0) is 51.2 Å². The Hall–Kier alpha value is -1.57. The first-order chi connectivity index (χ1) is 8.09. The third kappa shape index (κ3) is 2.41. The second-order valence-corrected chi connectivity index (χ2v) is 4.74. The van der Waals surface area contributed by atoms with Gasteiger partial charge in [0.1, 0.15) is 0 Å². The summed E-state index contributed by atoms with van der Waals surface area (Å²) < 4.78 is 5.42. The summed E-state index contributed by atoms with van der Waals surface area (Å²) in [5.41, 5.74) is 4.25. The number of hydrogen-bond acceptors (Lipinski definition) is 2. The van der Waals surface area contributed by atoms with Crippen molar-refractivity contribution in [3.05, 3.63) is 46.4 Å². The van der Waals surface area contributed by atoms with Crippen LogP contribution in [0.5, 0.6) is 0 Å². The molecule has 0 N–H and O–H groups in total. The van der Waals surface area contributed by atoms with Crippen molar-refractivity contribution in [1.29, 1.82) is 0 Å². The van der Waals surface area contributed by atoms with Crippen LogP contribution in [0, 0.1) is 6.92 Å². The highest BCUT2D eigenvalue weighted by Crippen LogP contribution is 2.23. The Kier molecular flexibility index (Phi) is 3.32. The van der Waals surface area contributed by atoms with Crippen molar-refractivity contribution in [2.24, 2.45) is 0 Å². The van der Waals surface area contributed by atoms with Crippen LogP contribution < -0.4 is 0 Å². The fourth-order valence-electron chi connectivity index (χ4n) is 2.08. The van der Waals surface area contributed by atoms with Gasteiger partial charge >= 0.3 is 0 Å². The van der Waals surface area contributed by atoms with Crippen LogP contribution in [-0.4, -0.2) is 5.78 Å². The third-order valence-corrected chi connectivity index (χ3v) is 3.31. The second kappa shape index (κ2) is 4.74. The van der Waals surface area contributed by atoms with Crippen LogP contribution in [0.1, 0.15) is 48.4 Å². The zero-order valence-electron chi connectivity index (χ0n) is 10.7. The maximum absolute atomic E-state index is 12.2. The average molecular weight is 230 g/mol. The fourth-order valence-corrected chi connectivity index (χ4v) is 2.08. The molecule has 2 heteroatoms. The van der Waals surface area contributed by atoms with Crippen molar-refractivity contribution in [2.75, 3.05) is 0 Å². The number of fused-ring (bicyclic) bond motifs is 1. The van der Waals surface area contributed by atoms with Gasteiger partial charge in [-0.25, -0.2) is 0 Å². The lowest BCUT2D eigenvalue weighted by molar-refractivity contribution is 0.100. The van der Waals surface area contributed by atoms with E-state index in [1.165, 1.54) is 5.57 Å². The lowest BCUT2D eigenvalue weighted by atomic mass is 9.98. The van der Waals surface area contributed by atoms with E-state index in [0.717, 1.165) is 36.0 Å². The molecule has 0 aliphatic heterocycles. The predicted octanol–water partition coefficient (Wildman–Crippen LogP) is 4.00. The molecule has 0 saturated heterocycles. The molecular weight excluding hydrogens is 212 g/mol. The Morgan fingerprint density at radius 3 is 2.71 bits per heavy atom. The number of ketones is 1. The number of Topliss-reactive ketones (excluding diaryl/α,β-unsaturated/α-hetero) is 1. The lowest BCUT2D eigenvalue weighted by Crippen LogP contribution is -2.04. The van der Waals surface area contributed by atoms with E-state index in [9.17, 15) is 4.79 Å². The Bertz CT molecular complexity index is 501. The molecule has 0 spiro atoms. The first-order valence-corrected chi connectivity index (χ1v) is 6.03. The lowest BCUT2D eigenvalue weighted by Gasteiger charge is -2.06. The van der Waals surface area contributed by atoms with Crippen molar-refractivity contribution in [3.8, 4) is 0 Å². The average Bonchev–Trinajstić information content (AvgIpc) is 2.66. The van der Waals surface area contributed by atoms with Gasteiger partial charge in [0.2, 0.25) is 5.78 Å². The smallest absolute Gasteiger partial charge is 0.223 e. The van der Waals surface area contributed by atoms with Gasteiger partial charge in [-0.15, -0.1) is 0 Å². The van der Waals surface area contributed by atoms with E-state index >= 15 is 0 Å². The zero-order valence-corrected chi connectivity index (χ0v) is 10.7. The summed E-state index contributed by atoms with van der Waals surface area (Å²) in [6.07, 6.45) is 8.63. The molecule has 0 unspecified atom stereocenters.